The maximum absolute atomic E-state index is 11.7. The molecule has 0 aliphatic heterocycles. The topological polar surface area (TPSA) is 77.5 Å². The molecule has 0 saturated heterocycles. The molecule has 0 bridgehead atoms. The third-order valence-electron chi connectivity index (χ3n) is 4.10. The Kier molecular flexibility index (Phi) is 11.1. The van der Waals surface area contributed by atoms with Crippen LogP contribution in [-0.4, -0.2) is 24.6 Å². The number of carbonyl (C=O) groups is 1. The fourth-order valence-electron chi connectivity index (χ4n) is 2.62. The van der Waals surface area contributed by atoms with E-state index in [0.717, 1.165) is 30.3 Å². The van der Waals surface area contributed by atoms with Crippen LogP contribution in [0, 0.1) is 6.92 Å². The Hall–Kier alpha value is -2.29. The molecule has 0 saturated carbocycles. The minimum absolute atomic E-state index is 0. The van der Waals surface area contributed by atoms with Crippen LogP contribution in [0.25, 0.3) is 0 Å². The van der Waals surface area contributed by atoms with Crippen molar-refractivity contribution in [3.8, 4) is 0 Å². The van der Waals surface area contributed by atoms with Gasteiger partial charge in [0.15, 0.2) is 5.96 Å². The Bertz CT molecular complexity index is 790. The van der Waals surface area contributed by atoms with Gasteiger partial charge < -0.3 is 21.3 Å². The molecule has 0 unspecified atom stereocenters. The predicted molar refractivity (Wildman–Crippen MR) is 132 cm³/mol. The van der Waals surface area contributed by atoms with Gasteiger partial charge in [-0.3, -0.25) is 0 Å². The van der Waals surface area contributed by atoms with E-state index in [1.807, 2.05) is 57.2 Å². The summed E-state index contributed by atoms with van der Waals surface area (Å²) in [5.74, 6) is 0.782. The number of aliphatic imine (C=N–C) groups is 1. The molecule has 2 rings (SSSR count). The minimum atomic E-state index is -0.199. The molecule has 2 aromatic carbocycles. The second-order valence-corrected chi connectivity index (χ2v) is 6.93. The number of nitrogens with zero attached hydrogens (tertiary/aromatic N) is 1. The monoisotopic (exact) mass is 509 g/mol. The number of benzene rings is 2. The molecule has 0 fully saturated rings. The number of aryl methyl sites for hydroxylation is 1. The zero-order valence-corrected chi connectivity index (χ0v) is 19.9. The average molecular weight is 509 g/mol. The summed E-state index contributed by atoms with van der Waals surface area (Å²) in [4.78, 5) is 16.4. The third kappa shape index (κ3) is 9.17. The van der Waals surface area contributed by atoms with Gasteiger partial charge in [-0.1, -0.05) is 36.4 Å². The highest BCUT2D eigenvalue weighted by Crippen LogP contribution is 2.11. The van der Waals surface area contributed by atoms with Gasteiger partial charge >= 0.3 is 6.03 Å². The van der Waals surface area contributed by atoms with E-state index < -0.39 is 0 Å². The van der Waals surface area contributed by atoms with Crippen molar-refractivity contribution in [3.05, 3.63) is 65.2 Å². The molecule has 0 heterocycles. The summed E-state index contributed by atoms with van der Waals surface area (Å²) >= 11 is 0. The van der Waals surface area contributed by atoms with Crippen LogP contribution >= 0.6 is 24.0 Å². The molecule has 158 valence electrons. The lowest BCUT2D eigenvalue weighted by Crippen LogP contribution is -2.36. The highest BCUT2D eigenvalue weighted by molar-refractivity contribution is 14.0. The molecule has 0 aliphatic carbocycles. The smallest absolute Gasteiger partial charge is 0.319 e. The van der Waals surface area contributed by atoms with E-state index in [1.54, 1.807) is 0 Å². The van der Waals surface area contributed by atoms with Crippen LogP contribution in [0.2, 0.25) is 0 Å². The van der Waals surface area contributed by atoms with Gasteiger partial charge in [-0.05, 0) is 56.5 Å². The highest BCUT2D eigenvalue weighted by Gasteiger charge is 2.04. The lowest BCUT2D eigenvalue weighted by atomic mass is 10.1. The molecule has 2 aromatic rings. The van der Waals surface area contributed by atoms with Crippen molar-refractivity contribution in [2.24, 2.45) is 4.99 Å². The number of guanidine groups is 1. The van der Waals surface area contributed by atoms with Crippen LogP contribution in [0.15, 0.2) is 53.5 Å². The van der Waals surface area contributed by atoms with E-state index in [-0.39, 0.29) is 36.0 Å². The minimum Gasteiger partial charge on any atom is -0.357 e. The number of halogens is 1. The SMILES string of the molecule is CCNC(=NCc1ccc(NC(=O)NC(C)C)cc1)NCc1ccccc1C.I. The van der Waals surface area contributed by atoms with Crippen LogP contribution in [0.5, 0.6) is 0 Å². The summed E-state index contributed by atoms with van der Waals surface area (Å²) in [6, 6.07) is 15.9. The van der Waals surface area contributed by atoms with Crippen molar-refractivity contribution < 1.29 is 4.79 Å². The number of carbonyl (C=O) groups excluding carboxylic acids is 1. The van der Waals surface area contributed by atoms with Crippen LogP contribution in [-0.2, 0) is 13.1 Å². The first-order chi connectivity index (χ1) is 13.5. The first-order valence-corrected chi connectivity index (χ1v) is 9.71. The van der Waals surface area contributed by atoms with Crippen molar-refractivity contribution in [1.29, 1.82) is 0 Å². The maximum atomic E-state index is 11.7. The van der Waals surface area contributed by atoms with Gasteiger partial charge in [-0.25, -0.2) is 9.79 Å². The zero-order chi connectivity index (χ0) is 20.4. The van der Waals surface area contributed by atoms with E-state index in [0.29, 0.717) is 6.54 Å². The van der Waals surface area contributed by atoms with Gasteiger partial charge in [0.25, 0.3) is 0 Å². The number of rotatable bonds is 7. The largest absolute Gasteiger partial charge is 0.357 e. The fraction of sp³-hybridized carbons (Fsp3) is 0.364. The molecular weight excluding hydrogens is 477 g/mol. The zero-order valence-electron chi connectivity index (χ0n) is 17.6. The number of amides is 2. The average Bonchev–Trinajstić information content (AvgIpc) is 2.65. The van der Waals surface area contributed by atoms with E-state index >= 15 is 0 Å². The van der Waals surface area contributed by atoms with Crippen molar-refractivity contribution >= 4 is 41.7 Å². The summed E-state index contributed by atoms with van der Waals surface area (Å²) in [5.41, 5.74) is 4.34. The molecule has 0 aliphatic rings. The Labute approximate surface area is 191 Å². The van der Waals surface area contributed by atoms with Gasteiger partial charge in [0, 0.05) is 24.8 Å². The summed E-state index contributed by atoms with van der Waals surface area (Å²) in [6.45, 7) is 10.1. The molecule has 7 heteroatoms. The van der Waals surface area contributed by atoms with Gasteiger partial charge in [0.2, 0.25) is 0 Å². The molecule has 0 radical (unpaired) electrons. The number of hydrogen-bond acceptors (Lipinski definition) is 2. The molecule has 6 nitrogen and oxygen atoms in total. The first kappa shape index (κ1) is 24.7. The van der Waals surface area contributed by atoms with E-state index in [9.17, 15) is 4.79 Å². The van der Waals surface area contributed by atoms with Crippen LogP contribution in [0.1, 0.15) is 37.5 Å². The molecular formula is C22H32IN5O. The predicted octanol–water partition coefficient (Wildman–Crippen LogP) is 4.40. The third-order valence-corrected chi connectivity index (χ3v) is 4.10. The van der Waals surface area contributed by atoms with Crippen molar-refractivity contribution in [2.45, 2.75) is 46.8 Å². The molecule has 29 heavy (non-hydrogen) atoms. The summed E-state index contributed by atoms with van der Waals surface area (Å²) < 4.78 is 0. The quantitative estimate of drug-likeness (QED) is 0.254. The second-order valence-electron chi connectivity index (χ2n) is 6.93. The fourth-order valence-corrected chi connectivity index (χ4v) is 2.62. The normalized spacial score (nSPS) is 10.9. The van der Waals surface area contributed by atoms with Gasteiger partial charge in [0.1, 0.15) is 0 Å². The summed E-state index contributed by atoms with van der Waals surface area (Å²) in [5, 5.41) is 12.3. The highest BCUT2D eigenvalue weighted by atomic mass is 127. The summed E-state index contributed by atoms with van der Waals surface area (Å²) in [7, 11) is 0. The second kappa shape index (κ2) is 13.0. The summed E-state index contributed by atoms with van der Waals surface area (Å²) in [6.07, 6.45) is 0. The Balaban J connectivity index is 0.00000420. The van der Waals surface area contributed by atoms with Crippen LogP contribution < -0.4 is 21.3 Å². The van der Waals surface area contributed by atoms with Crippen molar-refractivity contribution in [3.63, 3.8) is 0 Å². The Morgan fingerprint density at radius 2 is 1.72 bits per heavy atom. The van der Waals surface area contributed by atoms with E-state index in [4.69, 9.17) is 0 Å². The number of anilines is 1. The lowest BCUT2D eigenvalue weighted by molar-refractivity contribution is 0.250. The molecule has 4 N–H and O–H groups in total. The van der Waals surface area contributed by atoms with Crippen molar-refractivity contribution in [1.82, 2.24) is 16.0 Å². The van der Waals surface area contributed by atoms with Crippen LogP contribution in [0.4, 0.5) is 10.5 Å². The molecule has 0 spiro atoms. The van der Waals surface area contributed by atoms with Gasteiger partial charge in [-0.2, -0.15) is 0 Å². The number of urea groups is 1. The molecule has 0 aromatic heterocycles. The van der Waals surface area contributed by atoms with Crippen molar-refractivity contribution in [2.75, 3.05) is 11.9 Å². The Morgan fingerprint density at radius 3 is 2.34 bits per heavy atom. The Morgan fingerprint density at radius 1 is 1.03 bits per heavy atom. The van der Waals surface area contributed by atoms with E-state index in [2.05, 4.69) is 45.3 Å². The molecule has 0 atom stereocenters. The van der Waals surface area contributed by atoms with Gasteiger partial charge in [-0.15, -0.1) is 24.0 Å². The number of hydrogen-bond donors (Lipinski definition) is 4. The molecule has 2 amide bonds. The number of nitrogens with one attached hydrogen (secondary N) is 4. The van der Waals surface area contributed by atoms with Crippen LogP contribution in [0.3, 0.4) is 0 Å². The van der Waals surface area contributed by atoms with Gasteiger partial charge in [0.05, 0.1) is 6.54 Å². The van der Waals surface area contributed by atoms with E-state index in [1.165, 1.54) is 11.1 Å². The maximum Gasteiger partial charge on any atom is 0.319 e. The standard InChI is InChI=1S/C22H31N5O.HI/c1-5-23-21(25-15-19-9-7-6-8-17(19)4)24-14-18-10-12-20(13-11-18)27-22(28)26-16(2)3;/h6-13,16H,5,14-15H2,1-4H3,(H2,23,24,25)(H2,26,27,28);1H. The lowest BCUT2D eigenvalue weighted by Gasteiger charge is -2.13. The first-order valence-electron chi connectivity index (χ1n) is 9.71.